The van der Waals surface area contributed by atoms with Crippen LogP contribution in [-0.4, -0.2) is 29.4 Å². The lowest BCUT2D eigenvalue weighted by Crippen LogP contribution is -2.21. The second kappa shape index (κ2) is 7.08. The fourth-order valence-electron chi connectivity index (χ4n) is 1.99. The Kier molecular flexibility index (Phi) is 5.16. The maximum Gasteiger partial charge on any atom is 0.203 e. The summed E-state index contributed by atoms with van der Waals surface area (Å²) in [6, 6.07) is 5.62. The first kappa shape index (κ1) is 15.3. The monoisotopic (exact) mass is 304 g/mol. The second-order valence-electron chi connectivity index (χ2n) is 4.58. The van der Waals surface area contributed by atoms with Crippen molar-refractivity contribution in [2.24, 2.45) is 5.10 Å². The number of thiazole rings is 1. The number of hydrogen-bond acceptors (Lipinski definition) is 6. The minimum atomic E-state index is 0.222. The first-order valence-corrected chi connectivity index (χ1v) is 7.81. The van der Waals surface area contributed by atoms with Crippen molar-refractivity contribution in [1.82, 2.24) is 4.98 Å². The second-order valence-corrected chi connectivity index (χ2v) is 5.44. The fourth-order valence-corrected chi connectivity index (χ4v) is 2.63. The molecule has 0 fully saturated rings. The van der Waals surface area contributed by atoms with Crippen LogP contribution in [0.25, 0.3) is 0 Å². The predicted octanol–water partition coefficient (Wildman–Crippen LogP) is 3.45. The molecule has 2 rings (SSSR count). The first-order valence-electron chi connectivity index (χ1n) is 6.93. The van der Waals surface area contributed by atoms with Crippen molar-refractivity contribution in [2.75, 3.05) is 23.4 Å². The Labute approximate surface area is 129 Å². The smallest absolute Gasteiger partial charge is 0.203 e. The van der Waals surface area contributed by atoms with Gasteiger partial charge in [-0.05, 0) is 32.9 Å². The van der Waals surface area contributed by atoms with Gasteiger partial charge in [-0.15, -0.1) is 11.3 Å². The van der Waals surface area contributed by atoms with Crippen LogP contribution in [0.2, 0.25) is 0 Å². The lowest BCUT2D eigenvalue weighted by molar-refractivity contribution is 0.474. The summed E-state index contributed by atoms with van der Waals surface area (Å²) in [5.41, 5.74) is 5.50. The van der Waals surface area contributed by atoms with Gasteiger partial charge in [-0.25, -0.2) is 4.98 Å². The topological polar surface area (TPSA) is 60.8 Å². The zero-order valence-electron chi connectivity index (χ0n) is 12.5. The van der Waals surface area contributed by atoms with Crippen molar-refractivity contribution in [1.29, 1.82) is 0 Å². The third-order valence-electron chi connectivity index (χ3n) is 3.13. The maximum absolute atomic E-state index is 10.1. The van der Waals surface area contributed by atoms with Crippen LogP contribution in [0.3, 0.4) is 0 Å². The van der Waals surface area contributed by atoms with E-state index in [2.05, 4.69) is 34.3 Å². The van der Waals surface area contributed by atoms with Gasteiger partial charge in [-0.1, -0.05) is 0 Å². The lowest BCUT2D eigenvalue weighted by Gasteiger charge is -2.21. The van der Waals surface area contributed by atoms with Crippen LogP contribution >= 0.6 is 11.3 Å². The van der Waals surface area contributed by atoms with Crippen molar-refractivity contribution in [3.63, 3.8) is 0 Å². The summed E-state index contributed by atoms with van der Waals surface area (Å²) in [4.78, 5) is 6.43. The molecule has 21 heavy (non-hydrogen) atoms. The van der Waals surface area contributed by atoms with Crippen molar-refractivity contribution in [3.8, 4) is 5.75 Å². The molecule has 2 aromatic rings. The van der Waals surface area contributed by atoms with E-state index in [0.717, 1.165) is 29.6 Å². The van der Waals surface area contributed by atoms with E-state index in [4.69, 9.17) is 0 Å². The van der Waals surface area contributed by atoms with Crippen LogP contribution in [0.15, 0.2) is 28.7 Å². The Bertz CT molecular complexity index is 620. The minimum absolute atomic E-state index is 0.222. The van der Waals surface area contributed by atoms with Gasteiger partial charge < -0.3 is 10.0 Å². The number of aromatic hydroxyl groups is 1. The molecule has 0 radical (unpaired) electrons. The van der Waals surface area contributed by atoms with E-state index in [1.807, 2.05) is 24.4 Å². The Morgan fingerprint density at radius 1 is 1.38 bits per heavy atom. The zero-order chi connectivity index (χ0) is 15.2. The van der Waals surface area contributed by atoms with Crippen LogP contribution < -0.4 is 10.3 Å². The van der Waals surface area contributed by atoms with Crippen LogP contribution in [-0.2, 0) is 0 Å². The molecule has 112 valence electrons. The van der Waals surface area contributed by atoms with Gasteiger partial charge in [0.25, 0.3) is 0 Å². The van der Waals surface area contributed by atoms with Crippen LogP contribution in [0.4, 0.5) is 10.8 Å². The van der Waals surface area contributed by atoms with Crippen molar-refractivity contribution < 1.29 is 5.11 Å². The van der Waals surface area contributed by atoms with Crippen molar-refractivity contribution >= 4 is 28.4 Å². The Balaban J connectivity index is 2.06. The van der Waals surface area contributed by atoms with Crippen LogP contribution in [0.1, 0.15) is 25.1 Å². The average Bonchev–Trinajstić information content (AvgIpc) is 2.88. The lowest BCUT2D eigenvalue weighted by atomic mass is 10.2. The highest BCUT2D eigenvalue weighted by Gasteiger charge is 2.05. The molecule has 5 nitrogen and oxygen atoms in total. The molecule has 0 unspecified atom stereocenters. The van der Waals surface area contributed by atoms with E-state index < -0.39 is 0 Å². The van der Waals surface area contributed by atoms with E-state index in [1.54, 1.807) is 12.3 Å². The number of hydrogen-bond donors (Lipinski definition) is 2. The molecule has 1 heterocycles. The highest BCUT2D eigenvalue weighted by atomic mass is 32.1. The number of nitrogens with one attached hydrogen (secondary N) is 1. The number of anilines is 2. The molecule has 0 amide bonds. The standard InChI is InChI=1S/C15H20N4OS/c1-4-19(5-2)13-7-6-12(14(20)8-13)9-16-18-15-17-11(3)10-21-15/h6-10,20H,4-5H2,1-3H3,(H,17,18). The molecule has 0 bridgehead atoms. The summed E-state index contributed by atoms with van der Waals surface area (Å²) >= 11 is 1.50. The Morgan fingerprint density at radius 3 is 2.71 bits per heavy atom. The molecule has 0 aliphatic heterocycles. The van der Waals surface area contributed by atoms with E-state index in [0.29, 0.717) is 5.56 Å². The fraction of sp³-hybridized carbons (Fsp3) is 0.333. The van der Waals surface area contributed by atoms with E-state index in [9.17, 15) is 5.11 Å². The first-order chi connectivity index (χ1) is 10.1. The Hall–Kier alpha value is -2.08. The molecular weight excluding hydrogens is 284 g/mol. The normalized spacial score (nSPS) is 11.0. The predicted molar refractivity (Wildman–Crippen MR) is 89.7 cm³/mol. The summed E-state index contributed by atoms with van der Waals surface area (Å²) in [5, 5.41) is 16.9. The van der Waals surface area contributed by atoms with Crippen LogP contribution in [0.5, 0.6) is 5.75 Å². The number of phenols is 1. The molecule has 0 aliphatic rings. The van der Waals surface area contributed by atoms with Crippen molar-refractivity contribution in [3.05, 3.63) is 34.8 Å². The molecule has 6 heteroatoms. The number of aromatic nitrogens is 1. The van der Waals surface area contributed by atoms with E-state index in [-0.39, 0.29) is 5.75 Å². The van der Waals surface area contributed by atoms with Gasteiger partial charge in [0.15, 0.2) is 0 Å². The summed E-state index contributed by atoms with van der Waals surface area (Å²) < 4.78 is 0. The summed E-state index contributed by atoms with van der Waals surface area (Å²) in [7, 11) is 0. The molecule has 0 saturated carbocycles. The Morgan fingerprint density at radius 2 is 2.14 bits per heavy atom. The molecule has 0 atom stereocenters. The third kappa shape index (κ3) is 3.95. The number of rotatable bonds is 6. The quantitative estimate of drug-likeness (QED) is 0.634. The van der Waals surface area contributed by atoms with Crippen molar-refractivity contribution in [2.45, 2.75) is 20.8 Å². The van der Waals surface area contributed by atoms with Gasteiger partial charge in [-0.3, -0.25) is 5.43 Å². The number of nitrogens with zero attached hydrogens (tertiary/aromatic N) is 3. The molecule has 0 aliphatic carbocycles. The minimum Gasteiger partial charge on any atom is -0.507 e. The number of aryl methyl sites for hydroxylation is 1. The largest absolute Gasteiger partial charge is 0.507 e. The summed E-state index contributed by atoms with van der Waals surface area (Å²) in [6.07, 6.45) is 1.60. The van der Waals surface area contributed by atoms with Gasteiger partial charge in [-0.2, -0.15) is 5.10 Å². The molecular formula is C15H20N4OS. The molecule has 1 aromatic carbocycles. The molecule has 1 aromatic heterocycles. The number of hydrazone groups is 1. The molecule has 0 saturated heterocycles. The number of phenolic OH excluding ortho intramolecular Hbond substituents is 1. The molecule has 0 spiro atoms. The van der Waals surface area contributed by atoms with Gasteiger partial charge in [0, 0.05) is 35.8 Å². The maximum atomic E-state index is 10.1. The van der Waals surface area contributed by atoms with Gasteiger partial charge >= 0.3 is 0 Å². The van der Waals surface area contributed by atoms with E-state index in [1.165, 1.54) is 11.3 Å². The molecule has 2 N–H and O–H groups in total. The average molecular weight is 304 g/mol. The summed E-state index contributed by atoms with van der Waals surface area (Å²) in [5.74, 6) is 0.222. The highest BCUT2D eigenvalue weighted by Crippen LogP contribution is 2.23. The van der Waals surface area contributed by atoms with Gasteiger partial charge in [0.05, 0.1) is 11.9 Å². The van der Waals surface area contributed by atoms with Crippen LogP contribution in [0, 0.1) is 6.92 Å². The zero-order valence-corrected chi connectivity index (χ0v) is 13.3. The van der Waals surface area contributed by atoms with Gasteiger partial charge in [0.1, 0.15) is 5.75 Å². The number of benzene rings is 1. The SMILES string of the molecule is CCN(CC)c1ccc(C=NNc2nc(C)cs2)c(O)c1. The highest BCUT2D eigenvalue weighted by molar-refractivity contribution is 7.13. The van der Waals surface area contributed by atoms with E-state index >= 15 is 0 Å². The third-order valence-corrected chi connectivity index (χ3v) is 3.99. The summed E-state index contributed by atoms with van der Waals surface area (Å²) in [6.45, 7) is 7.94. The van der Waals surface area contributed by atoms with Gasteiger partial charge in [0.2, 0.25) is 5.13 Å².